The Morgan fingerprint density at radius 1 is 0.786 bits per heavy atom. The van der Waals surface area contributed by atoms with Gasteiger partial charge >= 0.3 is 0 Å². The van der Waals surface area contributed by atoms with Gasteiger partial charge in [0.2, 0.25) is 0 Å². The molecule has 0 spiro atoms. The van der Waals surface area contributed by atoms with E-state index in [1.807, 2.05) is 20.4 Å². The van der Waals surface area contributed by atoms with Crippen LogP contribution in [-0.2, 0) is 31.7 Å². The van der Waals surface area contributed by atoms with Crippen molar-refractivity contribution in [3.63, 3.8) is 0 Å². The van der Waals surface area contributed by atoms with Crippen LogP contribution in [0, 0.1) is 5.82 Å². The molecule has 78 valence electrons. The van der Waals surface area contributed by atoms with Gasteiger partial charge in [0.05, 0.1) is 0 Å². The van der Waals surface area contributed by atoms with Crippen LogP contribution < -0.4 is 0 Å². The summed E-state index contributed by atoms with van der Waals surface area (Å²) in [4.78, 5) is 24.0. The van der Waals surface area contributed by atoms with E-state index < -0.39 is 0 Å². The van der Waals surface area contributed by atoms with Gasteiger partial charge in [-0.2, -0.15) is 0 Å². The Balaban J connectivity index is -0.0000000625. The maximum absolute atomic E-state index is 11.9. The topological polar surface area (TPSA) is 51.2 Å². The minimum Gasteiger partial charge on any atom is -0.307 e. The Morgan fingerprint density at radius 2 is 1.07 bits per heavy atom. The first-order chi connectivity index (χ1) is 6.39. The average Bonchev–Trinajstić information content (AvgIpc) is 2.28. The molecule has 0 aliphatic carbocycles. The van der Waals surface area contributed by atoms with E-state index in [0.717, 1.165) is 0 Å². The smallest absolute Gasteiger partial charge is 0.123 e. The maximum atomic E-state index is 11.9. The molecule has 1 rings (SSSR count). The third-order valence-corrected chi connectivity index (χ3v) is 0.733. The van der Waals surface area contributed by atoms with Crippen molar-refractivity contribution >= 4 is 20.4 Å². The van der Waals surface area contributed by atoms with Crippen LogP contribution >= 0.6 is 0 Å². The third kappa shape index (κ3) is 22.4. The molecule has 5 heteroatoms. The van der Waals surface area contributed by atoms with Gasteiger partial charge in [-0.3, -0.25) is 0 Å². The summed E-state index contributed by atoms with van der Waals surface area (Å²) in [6, 6.07) is 7.94. The van der Waals surface area contributed by atoms with Crippen molar-refractivity contribution in [1.29, 1.82) is 0 Å². The largest absolute Gasteiger partial charge is 0.307 e. The average molecular weight is 238 g/mol. The van der Waals surface area contributed by atoms with Crippen LogP contribution in [0.1, 0.15) is 0 Å². The van der Waals surface area contributed by atoms with Crippen LogP contribution in [0.5, 0.6) is 0 Å². The van der Waals surface area contributed by atoms with Gasteiger partial charge in [0.25, 0.3) is 0 Å². The molecule has 0 heterocycles. The summed E-state index contributed by atoms with van der Waals surface area (Å²) in [6.07, 6.45) is 0. The molecule has 0 saturated carbocycles. The SMILES string of the molecule is C=O.C=O.C=O.Fc1ccccc1.[Cr]. The van der Waals surface area contributed by atoms with Crippen LogP contribution in [0.4, 0.5) is 4.39 Å². The molecule has 0 unspecified atom stereocenters. The molecule has 1 aromatic carbocycles. The normalized spacial score (nSPS) is 5.21. The van der Waals surface area contributed by atoms with Crippen molar-refractivity contribution in [2.24, 2.45) is 0 Å². The number of hydrogen-bond acceptors (Lipinski definition) is 3. The molecule has 0 fully saturated rings. The predicted octanol–water partition coefficient (Wildman–Crippen LogP) is 1.27. The van der Waals surface area contributed by atoms with Crippen LogP contribution in [0.3, 0.4) is 0 Å². The van der Waals surface area contributed by atoms with Crippen LogP contribution in [-0.4, -0.2) is 20.4 Å². The summed E-state index contributed by atoms with van der Waals surface area (Å²) in [7, 11) is 0. The van der Waals surface area contributed by atoms with E-state index in [1.165, 1.54) is 12.1 Å². The summed E-state index contributed by atoms with van der Waals surface area (Å²) < 4.78 is 11.9. The minimum atomic E-state index is -0.178. The van der Waals surface area contributed by atoms with Crippen molar-refractivity contribution in [3.05, 3.63) is 36.1 Å². The quantitative estimate of drug-likeness (QED) is 0.683. The number of halogens is 1. The zero-order valence-electron chi connectivity index (χ0n) is 7.52. The second-order valence-electron chi connectivity index (χ2n) is 1.30. The van der Waals surface area contributed by atoms with Crippen molar-refractivity contribution < 1.29 is 36.1 Å². The van der Waals surface area contributed by atoms with E-state index >= 15 is 0 Å². The zero-order valence-corrected chi connectivity index (χ0v) is 8.79. The first-order valence-electron chi connectivity index (χ1n) is 2.97. The van der Waals surface area contributed by atoms with E-state index in [4.69, 9.17) is 14.4 Å². The van der Waals surface area contributed by atoms with Gasteiger partial charge in [-0.05, 0) is 12.1 Å². The molecule has 0 aliphatic heterocycles. The van der Waals surface area contributed by atoms with Crippen LogP contribution in [0.2, 0.25) is 0 Å². The molecule has 0 aromatic heterocycles. The number of carbonyl (C=O) groups excluding carboxylic acids is 3. The van der Waals surface area contributed by atoms with Crippen LogP contribution in [0.15, 0.2) is 30.3 Å². The van der Waals surface area contributed by atoms with Gasteiger partial charge in [-0.1, -0.05) is 18.2 Å². The molecule has 0 bridgehead atoms. The summed E-state index contributed by atoms with van der Waals surface area (Å²) >= 11 is 0. The second-order valence-corrected chi connectivity index (χ2v) is 1.30. The molecule has 14 heavy (non-hydrogen) atoms. The van der Waals surface area contributed by atoms with Crippen molar-refractivity contribution in [1.82, 2.24) is 0 Å². The van der Waals surface area contributed by atoms with E-state index in [0.29, 0.717) is 0 Å². The molecular weight excluding hydrogens is 227 g/mol. The fourth-order valence-corrected chi connectivity index (χ4v) is 0.415. The molecule has 0 saturated heterocycles. The van der Waals surface area contributed by atoms with Crippen molar-refractivity contribution in [2.75, 3.05) is 0 Å². The second kappa shape index (κ2) is 29.8. The molecular formula is C9H11CrFO3. The minimum absolute atomic E-state index is 0. The van der Waals surface area contributed by atoms with E-state index in [-0.39, 0.29) is 23.2 Å². The monoisotopic (exact) mass is 238 g/mol. The summed E-state index contributed by atoms with van der Waals surface area (Å²) in [5.41, 5.74) is 0. The first-order valence-corrected chi connectivity index (χ1v) is 2.97. The van der Waals surface area contributed by atoms with Gasteiger partial charge in [0.15, 0.2) is 0 Å². The Bertz CT molecular complexity index is 180. The molecule has 0 aliphatic rings. The van der Waals surface area contributed by atoms with Gasteiger partial charge in [-0.25, -0.2) is 4.39 Å². The zero-order chi connectivity index (χ0) is 11.1. The fraction of sp³-hybridized carbons (Fsp3) is 0. The standard InChI is InChI=1S/C6H5F.3CH2O.Cr/c7-6-4-2-1-3-5-6;3*1-2;/h1-5H;3*1H2;. The maximum Gasteiger partial charge on any atom is 0.123 e. The summed E-state index contributed by atoms with van der Waals surface area (Å²) in [6.45, 7) is 6.00. The number of carbonyl (C=O) groups is 3. The summed E-state index contributed by atoms with van der Waals surface area (Å²) in [5, 5.41) is 0. The van der Waals surface area contributed by atoms with Gasteiger partial charge < -0.3 is 14.4 Å². The Morgan fingerprint density at radius 3 is 1.21 bits per heavy atom. The van der Waals surface area contributed by atoms with E-state index in [9.17, 15) is 4.39 Å². The van der Waals surface area contributed by atoms with Gasteiger partial charge in [0.1, 0.15) is 26.2 Å². The van der Waals surface area contributed by atoms with Crippen LogP contribution in [0.25, 0.3) is 0 Å². The molecule has 3 nitrogen and oxygen atoms in total. The third-order valence-electron chi connectivity index (χ3n) is 0.733. The first kappa shape index (κ1) is 23.0. The van der Waals surface area contributed by atoms with Crippen molar-refractivity contribution in [3.8, 4) is 0 Å². The Kier molecular flexibility index (Phi) is 49.0. The Hall–Kier alpha value is -1.31. The van der Waals surface area contributed by atoms with E-state index in [2.05, 4.69) is 0 Å². The Labute approximate surface area is 93.1 Å². The molecule has 0 N–H and O–H groups in total. The number of benzene rings is 1. The van der Waals surface area contributed by atoms with Crippen molar-refractivity contribution in [2.45, 2.75) is 0 Å². The molecule has 0 atom stereocenters. The predicted molar refractivity (Wildman–Crippen MR) is 47.8 cm³/mol. The van der Waals surface area contributed by atoms with Gasteiger partial charge in [-0.15, -0.1) is 0 Å². The molecule has 0 amide bonds. The molecule has 0 radical (unpaired) electrons. The fourth-order valence-electron chi connectivity index (χ4n) is 0.415. The number of rotatable bonds is 0. The number of hydrogen-bond donors (Lipinski definition) is 0. The van der Waals surface area contributed by atoms with E-state index in [1.54, 1.807) is 18.2 Å². The molecule has 1 aromatic rings. The summed E-state index contributed by atoms with van der Waals surface area (Å²) in [5.74, 6) is -0.178. The van der Waals surface area contributed by atoms with Gasteiger partial charge in [0, 0.05) is 17.4 Å².